The molecule has 0 unspecified atom stereocenters. The Kier molecular flexibility index (Phi) is 6.67. The number of nitrogens with zero attached hydrogens (tertiary/aromatic N) is 1. The molecule has 0 heterocycles. The lowest BCUT2D eigenvalue weighted by molar-refractivity contribution is -0.137. The van der Waals surface area contributed by atoms with E-state index in [4.69, 9.17) is 21.4 Å². The van der Waals surface area contributed by atoms with E-state index < -0.39 is 5.97 Å². The largest absolute Gasteiger partial charge is 0.492 e. The third kappa shape index (κ3) is 6.45. The zero-order chi connectivity index (χ0) is 14.3. The molecule has 1 aromatic carbocycles. The van der Waals surface area contributed by atoms with Crippen molar-refractivity contribution in [2.75, 3.05) is 19.7 Å². The Morgan fingerprint density at radius 3 is 2.47 bits per heavy atom. The van der Waals surface area contributed by atoms with Gasteiger partial charge in [-0.2, -0.15) is 0 Å². The summed E-state index contributed by atoms with van der Waals surface area (Å²) in [5.41, 5.74) is 0. The van der Waals surface area contributed by atoms with E-state index in [1.807, 2.05) is 26.0 Å². The third-order valence-corrected chi connectivity index (χ3v) is 3.06. The summed E-state index contributed by atoms with van der Waals surface area (Å²) < 4.78 is 5.60. The second-order valence-electron chi connectivity index (χ2n) is 4.58. The van der Waals surface area contributed by atoms with Crippen molar-refractivity contribution in [1.29, 1.82) is 0 Å². The van der Waals surface area contributed by atoms with Crippen molar-refractivity contribution < 1.29 is 14.6 Å². The van der Waals surface area contributed by atoms with Gasteiger partial charge in [-0.1, -0.05) is 11.6 Å². The zero-order valence-corrected chi connectivity index (χ0v) is 12.1. The molecule has 1 rings (SSSR count). The quantitative estimate of drug-likeness (QED) is 0.798. The molecule has 0 fully saturated rings. The lowest BCUT2D eigenvalue weighted by atomic mass is 10.3. The van der Waals surface area contributed by atoms with Crippen molar-refractivity contribution in [1.82, 2.24) is 4.90 Å². The lowest BCUT2D eigenvalue weighted by Gasteiger charge is -2.25. The highest BCUT2D eigenvalue weighted by atomic mass is 35.5. The summed E-state index contributed by atoms with van der Waals surface area (Å²) in [5, 5.41) is 9.38. The molecular formula is C14H20ClNO3. The summed E-state index contributed by atoms with van der Waals surface area (Å²) in [6.45, 7) is 5.86. The molecule has 0 aromatic heterocycles. The van der Waals surface area contributed by atoms with Crippen molar-refractivity contribution in [3.05, 3.63) is 29.3 Å². The zero-order valence-electron chi connectivity index (χ0n) is 11.3. The number of halogens is 1. The number of carbonyl (C=O) groups is 1. The first kappa shape index (κ1) is 15.8. The molecule has 5 heteroatoms. The smallest absolute Gasteiger partial charge is 0.304 e. The van der Waals surface area contributed by atoms with Gasteiger partial charge in [0.05, 0.1) is 6.42 Å². The summed E-state index contributed by atoms with van der Waals surface area (Å²) in [7, 11) is 0. The van der Waals surface area contributed by atoms with Gasteiger partial charge in [0, 0.05) is 24.2 Å². The van der Waals surface area contributed by atoms with Crippen molar-refractivity contribution >= 4 is 17.6 Å². The molecule has 0 saturated heterocycles. The van der Waals surface area contributed by atoms with Crippen LogP contribution in [0.4, 0.5) is 0 Å². The molecule has 19 heavy (non-hydrogen) atoms. The molecule has 0 aliphatic rings. The molecule has 0 atom stereocenters. The fraction of sp³-hybridized carbons (Fsp3) is 0.500. The van der Waals surface area contributed by atoms with Crippen LogP contribution >= 0.6 is 11.6 Å². The van der Waals surface area contributed by atoms with E-state index in [0.29, 0.717) is 30.8 Å². The minimum Gasteiger partial charge on any atom is -0.492 e. The summed E-state index contributed by atoms with van der Waals surface area (Å²) in [4.78, 5) is 12.7. The second-order valence-corrected chi connectivity index (χ2v) is 5.01. The first-order valence-corrected chi connectivity index (χ1v) is 6.71. The van der Waals surface area contributed by atoms with Gasteiger partial charge < -0.3 is 9.84 Å². The molecule has 1 aromatic rings. The van der Waals surface area contributed by atoms with Crippen LogP contribution in [0.3, 0.4) is 0 Å². The first-order chi connectivity index (χ1) is 8.99. The van der Waals surface area contributed by atoms with E-state index in [-0.39, 0.29) is 6.42 Å². The van der Waals surface area contributed by atoms with Crippen LogP contribution in [0.15, 0.2) is 24.3 Å². The summed E-state index contributed by atoms with van der Waals surface area (Å²) in [5.74, 6) is -0.00406. The number of carboxylic acid groups (broad SMARTS) is 1. The van der Waals surface area contributed by atoms with Crippen LogP contribution in [0.5, 0.6) is 5.75 Å². The van der Waals surface area contributed by atoms with Crippen molar-refractivity contribution in [3.63, 3.8) is 0 Å². The summed E-state index contributed by atoms with van der Waals surface area (Å²) in [6.07, 6.45) is 0.152. The number of aliphatic carboxylic acids is 1. The van der Waals surface area contributed by atoms with E-state index in [1.54, 1.807) is 12.1 Å². The predicted molar refractivity (Wildman–Crippen MR) is 75.9 cm³/mol. The minimum atomic E-state index is -0.774. The highest BCUT2D eigenvalue weighted by molar-refractivity contribution is 6.30. The number of benzene rings is 1. The van der Waals surface area contributed by atoms with Crippen molar-refractivity contribution in [3.8, 4) is 5.75 Å². The van der Waals surface area contributed by atoms with Gasteiger partial charge in [-0.25, -0.2) is 0 Å². The fourth-order valence-electron chi connectivity index (χ4n) is 1.68. The second kappa shape index (κ2) is 8.02. The van der Waals surface area contributed by atoms with Crippen LogP contribution in [0.2, 0.25) is 5.02 Å². The molecule has 0 bridgehead atoms. The van der Waals surface area contributed by atoms with Crippen LogP contribution < -0.4 is 4.74 Å². The Bertz CT molecular complexity index is 392. The van der Waals surface area contributed by atoms with Crippen LogP contribution in [0.1, 0.15) is 20.3 Å². The number of hydrogen-bond acceptors (Lipinski definition) is 3. The summed E-state index contributed by atoms with van der Waals surface area (Å²) >= 11 is 5.79. The van der Waals surface area contributed by atoms with Gasteiger partial charge in [0.2, 0.25) is 0 Å². The Morgan fingerprint density at radius 1 is 1.32 bits per heavy atom. The topological polar surface area (TPSA) is 49.8 Å². The normalized spacial score (nSPS) is 11.0. The maximum atomic E-state index is 10.6. The number of ether oxygens (including phenoxy) is 1. The molecule has 106 valence electrons. The van der Waals surface area contributed by atoms with E-state index in [9.17, 15) is 4.79 Å². The van der Waals surface area contributed by atoms with Gasteiger partial charge in [0.15, 0.2) is 0 Å². The molecule has 1 N–H and O–H groups in total. The van der Waals surface area contributed by atoms with Crippen molar-refractivity contribution in [2.45, 2.75) is 26.3 Å². The molecule has 0 spiro atoms. The van der Waals surface area contributed by atoms with Crippen LogP contribution in [0, 0.1) is 0 Å². The molecular weight excluding hydrogens is 266 g/mol. The third-order valence-electron chi connectivity index (χ3n) is 2.80. The summed E-state index contributed by atoms with van der Waals surface area (Å²) in [6, 6.07) is 7.50. The standard InChI is InChI=1S/C14H20ClNO3/c1-11(2)16(8-7-14(17)18)9-10-19-13-5-3-12(15)4-6-13/h3-6,11H,7-10H2,1-2H3,(H,17,18). The Labute approximate surface area is 118 Å². The molecule has 0 saturated carbocycles. The molecule has 4 nitrogen and oxygen atoms in total. The first-order valence-electron chi connectivity index (χ1n) is 6.33. The predicted octanol–water partition coefficient (Wildman–Crippen LogP) is 2.90. The highest BCUT2D eigenvalue weighted by Crippen LogP contribution is 2.15. The molecule has 0 aliphatic heterocycles. The maximum absolute atomic E-state index is 10.6. The van der Waals surface area contributed by atoms with E-state index in [1.165, 1.54) is 0 Å². The van der Waals surface area contributed by atoms with Gasteiger partial charge >= 0.3 is 5.97 Å². The van der Waals surface area contributed by atoms with Gasteiger partial charge in [0.25, 0.3) is 0 Å². The van der Waals surface area contributed by atoms with Crippen LogP contribution in [-0.4, -0.2) is 41.7 Å². The van der Waals surface area contributed by atoms with E-state index in [0.717, 1.165) is 5.75 Å². The number of carboxylic acids is 1. The van der Waals surface area contributed by atoms with Crippen LogP contribution in [-0.2, 0) is 4.79 Å². The monoisotopic (exact) mass is 285 g/mol. The minimum absolute atomic E-state index is 0.152. The average molecular weight is 286 g/mol. The SMILES string of the molecule is CC(C)N(CCOc1ccc(Cl)cc1)CCC(=O)O. The van der Waals surface area contributed by atoms with E-state index in [2.05, 4.69) is 4.90 Å². The Morgan fingerprint density at radius 2 is 1.95 bits per heavy atom. The maximum Gasteiger partial charge on any atom is 0.304 e. The van der Waals surface area contributed by atoms with Gasteiger partial charge in [-0.15, -0.1) is 0 Å². The number of rotatable bonds is 8. The van der Waals surface area contributed by atoms with Gasteiger partial charge in [-0.05, 0) is 38.1 Å². The lowest BCUT2D eigenvalue weighted by Crippen LogP contribution is -2.36. The van der Waals surface area contributed by atoms with E-state index >= 15 is 0 Å². The Balaban J connectivity index is 2.35. The van der Waals surface area contributed by atoms with Gasteiger partial charge in [0.1, 0.15) is 12.4 Å². The van der Waals surface area contributed by atoms with Crippen molar-refractivity contribution in [2.24, 2.45) is 0 Å². The average Bonchev–Trinajstić information content (AvgIpc) is 2.35. The Hall–Kier alpha value is -1.26. The highest BCUT2D eigenvalue weighted by Gasteiger charge is 2.11. The fourth-order valence-corrected chi connectivity index (χ4v) is 1.81. The molecule has 0 aliphatic carbocycles. The molecule has 0 amide bonds. The van der Waals surface area contributed by atoms with Gasteiger partial charge in [-0.3, -0.25) is 9.69 Å². The van der Waals surface area contributed by atoms with Crippen LogP contribution in [0.25, 0.3) is 0 Å². The molecule has 0 radical (unpaired) electrons. The number of hydrogen-bond donors (Lipinski definition) is 1.